The van der Waals surface area contributed by atoms with Crippen molar-refractivity contribution < 1.29 is 0 Å². The van der Waals surface area contributed by atoms with Gasteiger partial charge in [-0.1, -0.05) is 36.8 Å². The third-order valence-electron chi connectivity index (χ3n) is 3.26. The molecule has 0 saturated heterocycles. The van der Waals surface area contributed by atoms with Crippen molar-refractivity contribution in [2.45, 2.75) is 26.2 Å². The van der Waals surface area contributed by atoms with E-state index in [9.17, 15) is 0 Å². The number of halogens is 1. The third-order valence-corrected chi connectivity index (χ3v) is 4.98. The Bertz CT molecular complexity index is 504. The van der Waals surface area contributed by atoms with Crippen molar-refractivity contribution in [2.75, 3.05) is 13.1 Å². The van der Waals surface area contributed by atoms with E-state index in [1.807, 2.05) is 11.3 Å². The SMILES string of the molecule is CCNCC(Cc1cc(Br)cs1)c1ccc(C)cc1. The van der Waals surface area contributed by atoms with Gasteiger partial charge in [0.15, 0.2) is 0 Å². The molecule has 0 bridgehead atoms. The minimum atomic E-state index is 0.547. The standard InChI is InChI=1S/C16H20BrNS/c1-3-18-10-14(8-16-9-15(17)11-19-16)13-6-4-12(2)5-7-13/h4-7,9,11,14,18H,3,8,10H2,1-2H3. The summed E-state index contributed by atoms with van der Waals surface area (Å²) in [4.78, 5) is 1.44. The van der Waals surface area contributed by atoms with Gasteiger partial charge in [0, 0.05) is 27.2 Å². The fraction of sp³-hybridized carbons (Fsp3) is 0.375. The first-order valence-corrected chi connectivity index (χ1v) is 8.36. The molecular weight excluding hydrogens is 318 g/mol. The molecule has 1 atom stereocenters. The summed E-state index contributed by atoms with van der Waals surface area (Å²) in [5, 5.41) is 5.64. The monoisotopic (exact) mass is 337 g/mol. The van der Waals surface area contributed by atoms with E-state index in [4.69, 9.17) is 0 Å². The Morgan fingerprint density at radius 3 is 2.58 bits per heavy atom. The minimum absolute atomic E-state index is 0.547. The van der Waals surface area contributed by atoms with Crippen LogP contribution in [0.4, 0.5) is 0 Å². The zero-order chi connectivity index (χ0) is 13.7. The maximum atomic E-state index is 3.54. The number of aryl methyl sites for hydroxylation is 1. The molecule has 1 heterocycles. The number of hydrogen-bond acceptors (Lipinski definition) is 2. The maximum absolute atomic E-state index is 3.54. The zero-order valence-corrected chi connectivity index (χ0v) is 13.9. The first kappa shape index (κ1) is 14.8. The van der Waals surface area contributed by atoms with E-state index >= 15 is 0 Å². The van der Waals surface area contributed by atoms with Crippen molar-refractivity contribution in [3.63, 3.8) is 0 Å². The van der Waals surface area contributed by atoms with Gasteiger partial charge in [0.2, 0.25) is 0 Å². The lowest BCUT2D eigenvalue weighted by Crippen LogP contribution is -2.22. The van der Waals surface area contributed by atoms with Crippen LogP contribution in [0.3, 0.4) is 0 Å². The van der Waals surface area contributed by atoms with Gasteiger partial charge in [-0.3, -0.25) is 0 Å². The second-order valence-electron chi connectivity index (χ2n) is 4.85. The van der Waals surface area contributed by atoms with Gasteiger partial charge in [-0.15, -0.1) is 11.3 Å². The van der Waals surface area contributed by atoms with Crippen LogP contribution in [0.15, 0.2) is 40.2 Å². The predicted octanol–water partition coefficient (Wildman–Crippen LogP) is 4.75. The van der Waals surface area contributed by atoms with Gasteiger partial charge >= 0.3 is 0 Å². The van der Waals surface area contributed by atoms with Crippen LogP contribution in [0, 0.1) is 6.92 Å². The molecule has 1 aromatic carbocycles. The third kappa shape index (κ3) is 4.44. The van der Waals surface area contributed by atoms with Gasteiger partial charge in [0.1, 0.15) is 0 Å². The van der Waals surface area contributed by atoms with Crippen molar-refractivity contribution in [3.05, 3.63) is 56.2 Å². The van der Waals surface area contributed by atoms with Crippen LogP contribution in [-0.2, 0) is 6.42 Å². The molecule has 0 saturated carbocycles. The highest BCUT2D eigenvalue weighted by atomic mass is 79.9. The highest BCUT2D eigenvalue weighted by Crippen LogP contribution is 2.27. The molecule has 3 heteroatoms. The topological polar surface area (TPSA) is 12.0 Å². The van der Waals surface area contributed by atoms with E-state index in [0.717, 1.165) is 19.5 Å². The lowest BCUT2D eigenvalue weighted by Gasteiger charge is -2.17. The van der Waals surface area contributed by atoms with Gasteiger partial charge in [-0.05, 0) is 47.4 Å². The summed E-state index contributed by atoms with van der Waals surface area (Å²) in [6, 6.07) is 11.2. The predicted molar refractivity (Wildman–Crippen MR) is 88.2 cm³/mol. The van der Waals surface area contributed by atoms with E-state index in [-0.39, 0.29) is 0 Å². The number of benzene rings is 1. The van der Waals surface area contributed by atoms with Crippen molar-refractivity contribution in [3.8, 4) is 0 Å². The van der Waals surface area contributed by atoms with Crippen LogP contribution in [0.1, 0.15) is 28.8 Å². The molecule has 1 unspecified atom stereocenters. The van der Waals surface area contributed by atoms with Gasteiger partial charge in [-0.2, -0.15) is 0 Å². The number of nitrogens with one attached hydrogen (secondary N) is 1. The Hall–Kier alpha value is -0.640. The summed E-state index contributed by atoms with van der Waals surface area (Å²) >= 11 is 5.37. The highest BCUT2D eigenvalue weighted by Gasteiger charge is 2.13. The summed E-state index contributed by atoms with van der Waals surface area (Å²) in [5.74, 6) is 0.547. The molecule has 1 N–H and O–H groups in total. The molecule has 0 aliphatic rings. The second-order valence-corrected chi connectivity index (χ2v) is 6.76. The second kappa shape index (κ2) is 7.22. The van der Waals surface area contributed by atoms with Crippen LogP contribution in [0.2, 0.25) is 0 Å². The first-order chi connectivity index (χ1) is 9.19. The number of thiophene rings is 1. The van der Waals surface area contributed by atoms with Gasteiger partial charge in [0.25, 0.3) is 0 Å². The Morgan fingerprint density at radius 1 is 1.26 bits per heavy atom. The van der Waals surface area contributed by atoms with Crippen molar-refractivity contribution >= 4 is 27.3 Å². The molecule has 0 aliphatic heterocycles. The fourth-order valence-corrected chi connectivity index (χ4v) is 3.70. The number of likely N-dealkylation sites (N-methyl/N-ethyl adjacent to an activating group) is 1. The molecule has 1 aromatic heterocycles. The summed E-state index contributed by atoms with van der Waals surface area (Å²) in [5.41, 5.74) is 2.75. The van der Waals surface area contributed by atoms with Crippen molar-refractivity contribution in [2.24, 2.45) is 0 Å². The molecule has 0 radical (unpaired) electrons. The summed E-state index contributed by atoms with van der Waals surface area (Å²) in [6.07, 6.45) is 1.10. The van der Waals surface area contributed by atoms with Crippen LogP contribution in [0.25, 0.3) is 0 Å². The largest absolute Gasteiger partial charge is 0.316 e. The zero-order valence-electron chi connectivity index (χ0n) is 11.4. The quantitative estimate of drug-likeness (QED) is 0.801. The summed E-state index contributed by atoms with van der Waals surface area (Å²) < 4.78 is 1.19. The summed E-state index contributed by atoms with van der Waals surface area (Å²) in [6.45, 7) is 6.36. The Balaban J connectivity index is 2.13. The van der Waals surface area contributed by atoms with Crippen molar-refractivity contribution in [1.29, 1.82) is 0 Å². The maximum Gasteiger partial charge on any atom is 0.0285 e. The normalized spacial score (nSPS) is 12.6. The Kier molecular flexibility index (Phi) is 5.61. The lowest BCUT2D eigenvalue weighted by molar-refractivity contribution is 0.598. The molecule has 19 heavy (non-hydrogen) atoms. The van der Waals surface area contributed by atoms with Crippen LogP contribution in [0.5, 0.6) is 0 Å². The van der Waals surface area contributed by atoms with E-state index in [2.05, 4.69) is 70.8 Å². The molecule has 102 valence electrons. The number of hydrogen-bond donors (Lipinski definition) is 1. The van der Waals surface area contributed by atoms with Gasteiger partial charge in [0.05, 0.1) is 0 Å². The fourth-order valence-electron chi connectivity index (χ4n) is 2.17. The van der Waals surface area contributed by atoms with Gasteiger partial charge in [-0.25, -0.2) is 0 Å². The van der Waals surface area contributed by atoms with E-state index < -0.39 is 0 Å². The van der Waals surface area contributed by atoms with E-state index in [1.54, 1.807) is 0 Å². The average molecular weight is 338 g/mol. The highest BCUT2D eigenvalue weighted by molar-refractivity contribution is 9.10. The van der Waals surface area contributed by atoms with Crippen LogP contribution >= 0.6 is 27.3 Å². The molecule has 0 aliphatic carbocycles. The van der Waals surface area contributed by atoms with Gasteiger partial charge < -0.3 is 5.32 Å². The summed E-state index contributed by atoms with van der Waals surface area (Å²) in [7, 11) is 0. The van der Waals surface area contributed by atoms with Crippen molar-refractivity contribution in [1.82, 2.24) is 5.32 Å². The van der Waals surface area contributed by atoms with E-state index in [1.165, 1.54) is 20.5 Å². The minimum Gasteiger partial charge on any atom is -0.316 e. The first-order valence-electron chi connectivity index (χ1n) is 6.69. The Labute approximate surface area is 128 Å². The van der Waals surface area contributed by atoms with Crippen LogP contribution < -0.4 is 5.32 Å². The molecule has 2 aromatic rings. The van der Waals surface area contributed by atoms with Crippen LogP contribution in [-0.4, -0.2) is 13.1 Å². The molecule has 2 rings (SSSR count). The molecule has 0 fully saturated rings. The average Bonchev–Trinajstić information content (AvgIpc) is 2.81. The molecule has 1 nitrogen and oxygen atoms in total. The van der Waals surface area contributed by atoms with E-state index in [0.29, 0.717) is 5.92 Å². The Morgan fingerprint density at radius 2 is 2.00 bits per heavy atom. The number of rotatable bonds is 6. The lowest BCUT2D eigenvalue weighted by atomic mass is 9.94. The smallest absolute Gasteiger partial charge is 0.0285 e. The molecular formula is C16H20BrNS. The molecule has 0 spiro atoms. The molecule has 0 amide bonds.